The second-order valence-corrected chi connectivity index (χ2v) is 4.77. The van der Waals surface area contributed by atoms with Gasteiger partial charge in [0.05, 0.1) is 11.1 Å². The van der Waals surface area contributed by atoms with Crippen molar-refractivity contribution in [1.82, 2.24) is 15.3 Å². The van der Waals surface area contributed by atoms with Gasteiger partial charge in [-0.1, -0.05) is 11.6 Å². The fourth-order valence-corrected chi connectivity index (χ4v) is 2.23. The summed E-state index contributed by atoms with van der Waals surface area (Å²) < 4.78 is 10.4. The average Bonchev–Trinajstić information content (AvgIpc) is 3.09. The van der Waals surface area contributed by atoms with Gasteiger partial charge in [0.1, 0.15) is 5.82 Å². The van der Waals surface area contributed by atoms with Crippen molar-refractivity contribution in [2.45, 2.75) is 13.0 Å². The molecule has 1 unspecified atom stereocenters. The van der Waals surface area contributed by atoms with Crippen LogP contribution >= 0.6 is 11.6 Å². The van der Waals surface area contributed by atoms with Crippen LogP contribution in [0.2, 0.25) is 5.02 Å². The van der Waals surface area contributed by atoms with Crippen LogP contribution in [-0.2, 0) is 0 Å². The maximum absolute atomic E-state index is 12.2. The van der Waals surface area contributed by atoms with E-state index in [2.05, 4.69) is 15.3 Å². The molecule has 1 aromatic heterocycles. The zero-order chi connectivity index (χ0) is 14.1. The monoisotopic (exact) mass is 293 g/mol. The molecule has 0 saturated carbocycles. The van der Waals surface area contributed by atoms with E-state index in [0.29, 0.717) is 27.9 Å². The van der Waals surface area contributed by atoms with E-state index < -0.39 is 0 Å². The second kappa shape index (κ2) is 5.05. The first-order chi connectivity index (χ1) is 9.65. The summed E-state index contributed by atoms with van der Waals surface area (Å²) in [6.07, 6.45) is 3.34. The molecule has 1 aromatic carbocycles. The van der Waals surface area contributed by atoms with Crippen LogP contribution in [0.3, 0.4) is 0 Å². The van der Waals surface area contributed by atoms with Gasteiger partial charge in [-0.25, -0.2) is 4.98 Å². The number of aromatic amines is 1. The van der Waals surface area contributed by atoms with Crippen LogP contribution in [0.15, 0.2) is 24.5 Å². The van der Waals surface area contributed by atoms with Gasteiger partial charge in [0.25, 0.3) is 5.91 Å². The molecule has 104 valence electrons. The molecule has 2 heterocycles. The third-order valence-electron chi connectivity index (χ3n) is 2.97. The van der Waals surface area contributed by atoms with Crippen molar-refractivity contribution in [1.29, 1.82) is 0 Å². The molecule has 0 radical (unpaired) electrons. The SMILES string of the molecule is CC(NC(=O)c1cc(Cl)c2c(c1)OCO2)c1ncc[nH]1. The molecule has 2 N–H and O–H groups in total. The molecule has 0 aliphatic carbocycles. The molecule has 1 atom stereocenters. The number of ether oxygens (including phenoxy) is 2. The van der Waals surface area contributed by atoms with Gasteiger partial charge in [0.15, 0.2) is 11.5 Å². The Kier molecular flexibility index (Phi) is 3.23. The van der Waals surface area contributed by atoms with Crippen LogP contribution in [0.1, 0.15) is 29.1 Å². The molecule has 6 nitrogen and oxygen atoms in total. The lowest BCUT2D eigenvalue weighted by molar-refractivity contribution is 0.0938. The normalized spacial score (nSPS) is 14.1. The van der Waals surface area contributed by atoms with Gasteiger partial charge >= 0.3 is 0 Å². The van der Waals surface area contributed by atoms with E-state index in [1.54, 1.807) is 24.5 Å². The molecule has 0 fully saturated rings. The minimum atomic E-state index is -0.255. The summed E-state index contributed by atoms with van der Waals surface area (Å²) in [7, 11) is 0. The van der Waals surface area contributed by atoms with E-state index in [0.717, 1.165) is 0 Å². The van der Waals surface area contributed by atoms with E-state index >= 15 is 0 Å². The number of fused-ring (bicyclic) bond motifs is 1. The molecule has 1 amide bonds. The van der Waals surface area contributed by atoms with Crippen LogP contribution in [0, 0.1) is 0 Å². The highest BCUT2D eigenvalue weighted by Crippen LogP contribution is 2.39. The third kappa shape index (κ3) is 2.30. The van der Waals surface area contributed by atoms with Crippen molar-refractivity contribution in [2.75, 3.05) is 6.79 Å². The number of nitrogens with zero attached hydrogens (tertiary/aromatic N) is 1. The Morgan fingerprint density at radius 1 is 1.50 bits per heavy atom. The first-order valence-corrected chi connectivity index (χ1v) is 6.42. The summed E-state index contributed by atoms with van der Waals surface area (Å²) in [5.41, 5.74) is 0.414. The number of carbonyl (C=O) groups is 1. The number of amides is 1. The molecule has 3 rings (SSSR count). The van der Waals surface area contributed by atoms with Crippen molar-refractivity contribution in [3.8, 4) is 11.5 Å². The third-order valence-corrected chi connectivity index (χ3v) is 3.25. The van der Waals surface area contributed by atoms with Gasteiger partial charge in [0.2, 0.25) is 6.79 Å². The fourth-order valence-electron chi connectivity index (χ4n) is 1.96. The van der Waals surface area contributed by atoms with Crippen molar-refractivity contribution in [3.05, 3.63) is 40.9 Å². The summed E-state index contributed by atoms with van der Waals surface area (Å²) in [6, 6.07) is 2.93. The lowest BCUT2D eigenvalue weighted by atomic mass is 10.1. The van der Waals surface area contributed by atoms with Crippen LogP contribution in [0.25, 0.3) is 0 Å². The van der Waals surface area contributed by atoms with Gasteiger partial charge < -0.3 is 19.8 Å². The Labute approximate surface area is 120 Å². The number of imidazole rings is 1. The zero-order valence-corrected chi connectivity index (χ0v) is 11.4. The Morgan fingerprint density at radius 3 is 3.10 bits per heavy atom. The molecule has 2 aromatic rings. The molecular formula is C13H12ClN3O3. The number of benzene rings is 1. The highest BCUT2D eigenvalue weighted by atomic mass is 35.5. The minimum absolute atomic E-state index is 0.114. The summed E-state index contributed by atoms with van der Waals surface area (Å²) in [4.78, 5) is 19.2. The molecular weight excluding hydrogens is 282 g/mol. The van der Waals surface area contributed by atoms with Gasteiger partial charge in [0, 0.05) is 18.0 Å². The highest BCUT2D eigenvalue weighted by Gasteiger charge is 2.21. The van der Waals surface area contributed by atoms with Crippen molar-refractivity contribution >= 4 is 17.5 Å². The number of aromatic nitrogens is 2. The van der Waals surface area contributed by atoms with Crippen LogP contribution in [-0.4, -0.2) is 22.7 Å². The maximum Gasteiger partial charge on any atom is 0.252 e. The average molecular weight is 294 g/mol. The van der Waals surface area contributed by atoms with Gasteiger partial charge in [-0.05, 0) is 19.1 Å². The van der Waals surface area contributed by atoms with Crippen molar-refractivity contribution in [3.63, 3.8) is 0 Å². The number of nitrogens with one attached hydrogen (secondary N) is 2. The summed E-state index contributed by atoms with van der Waals surface area (Å²) in [5, 5.41) is 3.19. The van der Waals surface area contributed by atoms with E-state index in [9.17, 15) is 4.79 Å². The fraction of sp³-hybridized carbons (Fsp3) is 0.231. The summed E-state index contributed by atoms with van der Waals surface area (Å²) >= 11 is 6.05. The summed E-state index contributed by atoms with van der Waals surface area (Å²) in [6.45, 7) is 1.95. The van der Waals surface area contributed by atoms with Gasteiger partial charge in [-0.3, -0.25) is 4.79 Å². The number of hydrogen-bond donors (Lipinski definition) is 2. The molecule has 0 saturated heterocycles. The largest absolute Gasteiger partial charge is 0.454 e. The van der Waals surface area contributed by atoms with E-state index in [-0.39, 0.29) is 18.7 Å². The smallest absolute Gasteiger partial charge is 0.252 e. The van der Waals surface area contributed by atoms with Gasteiger partial charge in [-0.2, -0.15) is 0 Å². The lowest BCUT2D eigenvalue weighted by Gasteiger charge is -2.12. The van der Waals surface area contributed by atoms with Crippen LogP contribution in [0.4, 0.5) is 0 Å². The number of hydrogen-bond acceptors (Lipinski definition) is 4. The zero-order valence-electron chi connectivity index (χ0n) is 10.6. The van der Waals surface area contributed by atoms with E-state index in [1.807, 2.05) is 6.92 Å². The topological polar surface area (TPSA) is 76.2 Å². The molecule has 20 heavy (non-hydrogen) atoms. The Bertz CT molecular complexity index is 643. The molecule has 1 aliphatic rings. The summed E-state index contributed by atoms with van der Waals surface area (Å²) in [5.74, 6) is 1.38. The van der Waals surface area contributed by atoms with E-state index in [1.165, 1.54) is 0 Å². The lowest BCUT2D eigenvalue weighted by Crippen LogP contribution is -2.27. The van der Waals surface area contributed by atoms with Crippen molar-refractivity contribution < 1.29 is 14.3 Å². The number of halogens is 1. The quantitative estimate of drug-likeness (QED) is 0.910. The molecule has 0 spiro atoms. The predicted molar refractivity (Wildman–Crippen MR) is 72.0 cm³/mol. The first kappa shape index (κ1) is 12.8. The van der Waals surface area contributed by atoms with Gasteiger partial charge in [-0.15, -0.1) is 0 Å². The molecule has 7 heteroatoms. The second-order valence-electron chi connectivity index (χ2n) is 4.36. The van der Waals surface area contributed by atoms with Crippen LogP contribution in [0.5, 0.6) is 11.5 Å². The van der Waals surface area contributed by atoms with Crippen molar-refractivity contribution in [2.24, 2.45) is 0 Å². The number of carbonyl (C=O) groups excluding carboxylic acids is 1. The number of rotatable bonds is 3. The molecule has 0 bridgehead atoms. The highest BCUT2D eigenvalue weighted by molar-refractivity contribution is 6.32. The standard InChI is InChI=1S/C13H12ClN3O3/c1-7(12-15-2-3-16-12)17-13(18)8-4-9(14)11-10(5-8)19-6-20-11/h2-5,7H,6H2,1H3,(H,15,16)(H,17,18). The molecule has 1 aliphatic heterocycles. The van der Waals surface area contributed by atoms with Crippen LogP contribution < -0.4 is 14.8 Å². The minimum Gasteiger partial charge on any atom is -0.454 e. The maximum atomic E-state index is 12.2. The Morgan fingerprint density at radius 2 is 2.35 bits per heavy atom. The Balaban J connectivity index is 1.79. The number of H-pyrrole nitrogens is 1. The van der Waals surface area contributed by atoms with E-state index in [4.69, 9.17) is 21.1 Å². The Hall–Kier alpha value is -2.21. The first-order valence-electron chi connectivity index (χ1n) is 6.04. The predicted octanol–water partition coefficient (Wildman–Crippen LogP) is 2.28.